The van der Waals surface area contributed by atoms with Crippen LogP contribution in [0.2, 0.25) is 5.02 Å². The third-order valence-corrected chi connectivity index (χ3v) is 6.62. The van der Waals surface area contributed by atoms with Gasteiger partial charge in [0.1, 0.15) is 5.52 Å². The second-order valence-corrected chi connectivity index (χ2v) is 9.47. The summed E-state index contributed by atoms with van der Waals surface area (Å²) in [5.74, 6) is -0.0369. The molecular formula is C26H26ClN3OS. The van der Waals surface area contributed by atoms with Gasteiger partial charge in [-0.2, -0.15) is 0 Å². The van der Waals surface area contributed by atoms with Crippen LogP contribution in [0, 0.1) is 0 Å². The van der Waals surface area contributed by atoms with E-state index in [-0.39, 0.29) is 5.91 Å². The Morgan fingerprint density at radius 1 is 0.906 bits per heavy atom. The number of nitrogens with zero attached hydrogens (tertiary/aromatic N) is 3. The van der Waals surface area contributed by atoms with Gasteiger partial charge in [0, 0.05) is 12.1 Å². The minimum Gasteiger partial charge on any atom is -0.309 e. The molecule has 0 unspecified atom stereocenters. The van der Waals surface area contributed by atoms with E-state index in [4.69, 9.17) is 16.6 Å². The summed E-state index contributed by atoms with van der Waals surface area (Å²) in [6, 6.07) is 24.0. The number of hydrogen-bond acceptors (Lipinski definition) is 4. The van der Waals surface area contributed by atoms with Crippen LogP contribution in [0.3, 0.4) is 0 Å². The molecule has 0 bridgehead atoms. The molecule has 0 N–H and O–H groups in total. The molecule has 1 heterocycles. The maximum Gasteiger partial charge on any atom is 0.260 e. The normalized spacial score (nSPS) is 11.2. The molecule has 32 heavy (non-hydrogen) atoms. The van der Waals surface area contributed by atoms with Crippen molar-refractivity contribution in [2.24, 2.45) is 0 Å². The maximum absolute atomic E-state index is 13.5. The lowest BCUT2D eigenvalue weighted by atomic mass is 10.0. The first-order chi connectivity index (χ1) is 15.5. The number of carbonyl (C=O) groups is 1. The molecular weight excluding hydrogens is 438 g/mol. The fourth-order valence-electron chi connectivity index (χ4n) is 3.60. The van der Waals surface area contributed by atoms with Gasteiger partial charge in [-0.1, -0.05) is 71.5 Å². The lowest BCUT2D eigenvalue weighted by molar-refractivity contribution is 0.0986. The highest BCUT2D eigenvalue weighted by Crippen LogP contribution is 2.33. The lowest BCUT2D eigenvalue weighted by Crippen LogP contribution is -2.33. The number of amides is 1. The Bertz CT molecular complexity index is 1190. The zero-order valence-electron chi connectivity index (χ0n) is 18.3. The van der Waals surface area contributed by atoms with E-state index < -0.39 is 0 Å². The molecule has 3 aromatic carbocycles. The van der Waals surface area contributed by atoms with Gasteiger partial charge in [-0.15, -0.1) is 0 Å². The number of anilines is 1. The van der Waals surface area contributed by atoms with E-state index >= 15 is 0 Å². The molecule has 4 aromatic rings. The fourth-order valence-corrected chi connectivity index (χ4v) is 4.89. The van der Waals surface area contributed by atoms with Gasteiger partial charge < -0.3 is 4.90 Å². The van der Waals surface area contributed by atoms with Crippen molar-refractivity contribution >= 4 is 44.2 Å². The summed E-state index contributed by atoms with van der Waals surface area (Å²) in [4.78, 5) is 22.1. The van der Waals surface area contributed by atoms with Crippen LogP contribution >= 0.6 is 22.9 Å². The topological polar surface area (TPSA) is 36.4 Å². The van der Waals surface area contributed by atoms with Crippen LogP contribution in [0.5, 0.6) is 0 Å². The third-order valence-electron chi connectivity index (χ3n) is 5.27. The quantitative estimate of drug-likeness (QED) is 0.315. The predicted molar refractivity (Wildman–Crippen MR) is 135 cm³/mol. The predicted octanol–water partition coefficient (Wildman–Crippen LogP) is 6.14. The molecule has 0 saturated carbocycles. The number of benzene rings is 3. The van der Waals surface area contributed by atoms with E-state index in [1.54, 1.807) is 4.90 Å². The van der Waals surface area contributed by atoms with Crippen molar-refractivity contribution in [3.8, 4) is 0 Å². The Kier molecular flexibility index (Phi) is 7.20. The number of fused-ring (bicyclic) bond motifs is 1. The Morgan fingerprint density at radius 2 is 1.62 bits per heavy atom. The average Bonchev–Trinajstić information content (AvgIpc) is 3.23. The van der Waals surface area contributed by atoms with E-state index in [0.717, 1.165) is 29.6 Å². The van der Waals surface area contributed by atoms with E-state index in [2.05, 4.69) is 17.0 Å². The summed E-state index contributed by atoms with van der Waals surface area (Å²) < 4.78 is 0.983. The highest BCUT2D eigenvalue weighted by molar-refractivity contribution is 7.22. The van der Waals surface area contributed by atoms with Gasteiger partial charge in [0.25, 0.3) is 5.91 Å². The smallest absolute Gasteiger partial charge is 0.260 e. The summed E-state index contributed by atoms with van der Waals surface area (Å²) in [6.45, 7) is 1.49. The maximum atomic E-state index is 13.5. The third kappa shape index (κ3) is 5.36. The van der Waals surface area contributed by atoms with E-state index in [0.29, 0.717) is 22.3 Å². The number of rotatable bonds is 8. The van der Waals surface area contributed by atoms with Gasteiger partial charge in [-0.05, 0) is 68.9 Å². The second kappa shape index (κ2) is 10.3. The SMILES string of the molecule is CN(C)CCCN(C(=O)c1ccc(Cc2ccccc2)cc1)c1nc2c(Cl)cccc2s1. The summed E-state index contributed by atoms with van der Waals surface area (Å²) in [5, 5.41) is 1.29. The molecule has 0 atom stereocenters. The van der Waals surface area contributed by atoms with E-state index in [1.165, 1.54) is 22.5 Å². The molecule has 4 rings (SSSR count). The Balaban J connectivity index is 1.58. The first-order valence-electron chi connectivity index (χ1n) is 10.7. The summed E-state index contributed by atoms with van der Waals surface area (Å²) in [6.07, 6.45) is 1.70. The highest BCUT2D eigenvalue weighted by Gasteiger charge is 2.22. The van der Waals surface area contributed by atoms with Crippen molar-refractivity contribution in [3.63, 3.8) is 0 Å². The molecule has 6 heteroatoms. The molecule has 1 amide bonds. The first-order valence-corrected chi connectivity index (χ1v) is 11.9. The van der Waals surface area contributed by atoms with Crippen molar-refractivity contribution in [1.82, 2.24) is 9.88 Å². The number of hydrogen-bond donors (Lipinski definition) is 0. The summed E-state index contributed by atoms with van der Waals surface area (Å²) in [7, 11) is 4.07. The monoisotopic (exact) mass is 463 g/mol. The Morgan fingerprint density at radius 3 is 2.31 bits per heavy atom. The van der Waals surface area contributed by atoms with Crippen molar-refractivity contribution < 1.29 is 4.79 Å². The molecule has 4 nitrogen and oxygen atoms in total. The van der Waals surface area contributed by atoms with Crippen LogP contribution < -0.4 is 4.90 Å². The molecule has 0 fully saturated rings. The Hall–Kier alpha value is -2.73. The van der Waals surface area contributed by atoms with Gasteiger partial charge >= 0.3 is 0 Å². The standard InChI is InChI=1S/C26H26ClN3OS/c1-29(2)16-7-17-30(26-28-24-22(27)10-6-11-23(24)32-26)25(31)21-14-12-20(13-15-21)18-19-8-4-3-5-9-19/h3-6,8-15H,7,16-18H2,1-2H3. The van der Waals surface area contributed by atoms with Crippen molar-refractivity contribution in [3.05, 3.63) is 94.5 Å². The minimum absolute atomic E-state index is 0.0369. The van der Waals surface area contributed by atoms with Crippen molar-refractivity contribution in [2.45, 2.75) is 12.8 Å². The van der Waals surface area contributed by atoms with Gasteiger partial charge in [0.05, 0.1) is 9.72 Å². The van der Waals surface area contributed by atoms with Crippen LogP contribution in [-0.2, 0) is 6.42 Å². The van der Waals surface area contributed by atoms with Crippen LogP contribution in [0.15, 0.2) is 72.8 Å². The molecule has 0 spiro atoms. The first kappa shape index (κ1) is 22.5. The summed E-state index contributed by atoms with van der Waals surface area (Å²) >= 11 is 7.84. The molecule has 164 valence electrons. The molecule has 0 aliphatic carbocycles. The molecule has 0 aliphatic rings. The number of thiazole rings is 1. The zero-order valence-corrected chi connectivity index (χ0v) is 19.9. The molecule has 0 radical (unpaired) electrons. The van der Waals surface area contributed by atoms with E-state index in [1.807, 2.05) is 74.8 Å². The van der Waals surface area contributed by atoms with Crippen LogP contribution in [0.25, 0.3) is 10.2 Å². The van der Waals surface area contributed by atoms with Gasteiger partial charge in [0.2, 0.25) is 0 Å². The van der Waals surface area contributed by atoms with Crippen molar-refractivity contribution in [1.29, 1.82) is 0 Å². The van der Waals surface area contributed by atoms with Crippen molar-refractivity contribution in [2.75, 3.05) is 32.1 Å². The number of aromatic nitrogens is 1. The minimum atomic E-state index is -0.0369. The lowest BCUT2D eigenvalue weighted by Gasteiger charge is -2.21. The average molecular weight is 464 g/mol. The molecule has 1 aromatic heterocycles. The summed E-state index contributed by atoms with van der Waals surface area (Å²) in [5.41, 5.74) is 3.84. The van der Waals surface area contributed by atoms with Gasteiger partial charge in [-0.3, -0.25) is 9.69 Å². The zero-order chi connectivity index (χ0) is 22.5. The second-order valence-electron chi connectivity index (χ2n) is 8.06. The molecule has 0 aliphatic heterocycles. The number of halogens is 1. The number of carbonyl (C=O) groups excluding carboxylic acids is 1. The van der Waals surface area contributed by atoms with Crippen LogP contribution in [0.1, 0.15) is 27.9 Å². The van der Waals surface area contributed by atoms with Gasteiger partial charge in [-0.25, -0.2) is 4.98 Å². The molecule has 0 saturated heterocycles. The van der Waals surface area contributed by atoms with Crippen LogP contribution in [0.4, 0.5) is 5.13 Å². The van der Waals surface area contributed by atoms with E-state index in [9.17, 15) is 4.79 Å². The Labute approximate surface area is 198 Å². The largest absolute Gasteiger partial charge is 0.309 e. The fraction of sp³-hybridized carbons (Fsp3) is 0.231. The van der Waals surface area contributed by atoms with Gasteiger partial charge in [0.15, 0.2) is 5.13 Å². The number of para-hydroxylation sites is 1. The van der Waals surface area contributed by atoms with Crippen LogP contribution in [-0.4, -0.2) is 43.0 Å². The highest BCUT2D eigenvalue weighted by atomic mass is 35.5.